The molecular formula is C23H20F3N3O. The molecule has 0 saturated heterocycles. The number of methoxy groups -OCH3 is 1. The Balaban J connectivity index is 1.95. The molecule has 0 atom stereocenters. The molecule has 0 aliphatic heterocycles. The molecule has 7 heteroatoms. The van der Waals surface area contributed by atoms with Gasteiger partial charge in [0.25, 0.3) is 0 Å². The number of halogens is 3. The maximum Gasteiger partial charge on any atom is 0.418 e. The van der Waals surface area contributed by atoms with Crippen LogP contribution < -0.4 is 4.74 Å². The first-order valence-electron chi connectivity index (χ1n) is 9.41. The lowest BCUT2D eigenvalue weighted by Gasteiger charge is -2.11. The third-order valence-corrected chi connectivity index (χ3v) is 4.95. The minimum Gasteiger partial charge on any atom is -0.497 e. The molecule has 0 radical (unpaired) electrons. The van der Waals surface area contributed by atoms with Crippen molar-refractivity contribution < 1.29 is 17.9 Å². The van der Waals surface area contributed by atoms with Crippen molar-refractivity contribution in [2.45, 2.75) is 26.6 Å². The third-order valence-electron chi connectivity index (χ3n) is 4.95. The molecule has 2 heterocycles. The molecular weight excluding hydrogens is 391 g/mol. The minimum absolute atomic E-state index is 0.141. The highest BCUT2D eigenvalue weighted by atomic mass is 19.4. The van der Waals surface area contributed by atoms with Crippen molar-refractivity contribution in [1.29, 1.82) is 0 Å². The molecule has 4 nitrogen and oxygen atoms in total. The second kappa shape index (κ2) is 7.48. The number of hydrogen-bond acceptors (Lipinski definition) is 3. The molecule has 0 saturated carbocycles. The van der Waals surface area contributed by atoms with Crippen LogP contribution in [0, 0.1) is 13.8 Å². The van der Waals surface area contributed by atoms with Crippen LogP contribution in [0.4, 0.5) is 13.2 Å². The topological polar surface area (TPSA) is 39.9 Å². The van der Waals surface area contributed by atoms with E-state index >= 15 is 0 Å². The summed E-state index contributed by atoms with van der Waals surface area (Å²) in [6, 6.07) is 16.0. The van der Waals surface area contributed by atoms with Gasteiger partial charge in [-0.05, 0) is 37.6 Å². The Kier molecular flexibility index (Phi) is 4.97. The van der Waals surface area contributed by atoms with E-state index in [4.69, 9.17) is 4.74 Å². The summed E-state index contributed by atoms with van der Waals surface area (Å²) in [6.07, 6.45) is -4.52. The van der Waals surface area contributed by atoms with Crippen LogP contribution in [0.15, 0.2) is 54.6 Å². The summed E-state index contributed by atoms with van der Waals surface area (Å²) in [6.45, 7) is 3.85. The number of aromatic nitrogens is 3. The van der Waals surface area contributed by atoms with E-state index in [-0.39, 0.29) is 11.2 Å². The molecule has 4 rings (SSSR count). The summed E-state index contributed by atoms with van der Waals surface area (Å²) in [5.74, 6) is 1.16. The highest BCUT2D eigenvalue weighted by molar-refractivity contribution is 5.81. The summed E-state index contributed by atoms with van der Waals surface area (Å²) < 4.78 is 48.1. The molecule has 0 fully saturated rings. The van der Waals surface area contributed by atoms with Crippen molar-refractivity contribution in [1.82, 2.24) is 14.5 Å². The Bertz CT molecular complexity index is 1190. The lowest BCUT2D eigenvalue weighted by Crippen LogP contribution is -2.08. The van der Waals surface area contributed by atoms with E-state index in [0.29, 0.717) is 23.8 Å². The van der Waals surface area contributed by atoms with E-state index in [0.717, 1.165) is 22.8 Å². The third kappa shape index (κ3) is 3.75. The molecule has 0 aliphatic carbocycles. The van der Waals surface area contributed by atoms with Gasteiger partial charge in [0.1, 0.15) is 17.1 Å². The lowest BCUT2D eigenvalue weighted by atomic mass is 10.1. The molecule has 154 valence electrons. The second-order valence-corrected chi connectivity index (χ2v) is 7.22. The lowest BCUT2D eigenvalue weighted by molar-refractivity contribution is -0.136. The first kappa shape index (κ1) is 19.9. The molecule has 0 aliphatic rings. The molecule has 0 bridgehead atoms. The van der Waals surface area contributed by atoms with E-state index in [1.807, 2.05) is 55.5 Å². The zero-order valence-electron chi connectivity index (χ0n) is 16.8. The summed E-state index contributed by atoms with van der Waals surface area (Å²) >= 11 is 0. The number of rotatable bonds is 4. The fraction of sp³-hybridized carbons (Fsp3) is 0.217. The number of aryl methyl sites for hydroxylation is 2. The molecule has 2 aromatic carbocycles. The normalized spacial score (nSPS) is 11.8. The molecule has 0 unspecified atom stereocenters. The smallest absolute Gasteiger partial charge is 0.418 e. The van der Waals surface area contributed by atoms with Gasteiger partial charge in [-0.2, -0.15) is 13.2 Å². The van der Waals surface area contributed by atoms with Gasteiger partial charge in [0, 0.05) is 11.3 Å². The maximum atomic E-state index is 13.7. The van der Waals surface area contributed by atoms with Gasteiger partial charge < -0.3 is 9.30 Å². The average molecular weight is 411 g/mol. The Morgan fingerprint density at radius 1 is 0.933 bits per heavy atom. The van der Waals surface area contributed by atoms with Gasteiger partial charge in [-0.1, -0.05) is 42.0 Å². The van der Waals surface area contributed by atoms with Crippen molar-refractivity contribution in [3.8, 4) is 17.1 Å². The van der Waals surface area contributed by atoms with E-state index in [1.54, 1.807) is 18.6 Å². The summed E-state index contributed by atoms with van der Waals surface area (Å²) in [7, 11) is 1.58. The summed E-state index contributed by atoms with van der Waals surface area (Å²) in [4.78, 5) is 8.82. The number of hydrogen-bond donors (Lipinski definition) is 0. The van der Waals surface area contributed by atoms with Gasteiger partial charge in [0.05, 0.1) is 19.2 Å². The van der Waals surface area contributed by atoms with Crippen LogP contribution in [0.5, 0.6) is 5.75 Å². The van der Waals surface area contributed by atoms with Crippen LogP contribution in [0.25, 0.3) is 22.6 Å². The van der Waals surface area contributed by atoms with Gasteiger partial charge in [0.15, 0.2) is 5.65 Å². The summed E-state index contributed by atoms with van der Waals surface area (Å²) in [5.41, 5.74) is 2.29. The monoisotopic (exact) mass is 411 g/mol. The fourth-order valence-corrected chi connectivity index (χ4v) is 3.42. The number of alkyl halides is 3. The standard InChI is InChI=1S/C23H20F3N3O/c1-14-4-8-17(9-5-14)21-28-20-19(23(24,25)26)12-15(2)27-22(20)29(21)13-16-6-10-18(30-3)11-7-16/h4-12H,13H2,1-3H3. The average Bonchev–Trinajstić information content (AvgIpc) is 3.06. The maximum absolute atomic E-state index is 13.7. The quantitative estimate of drug-likeness (QED) is 0.427. The Morgan fingerprint density at radius 2 is 1.60 bits per heavy atom. The van der Waals surface area contributed by atoms with Crippen LogP contribution in [-0.4, -0.2) is 21.6 Å². The van der Waals surface area contributed by atoms with E-state index in [9.17, 15) is 13.2 Å². The van der Waals surface area contributed by atoms with Crippen molar-refractivity contribution in [2.24, 2.45) is 0 Å². The van der Waals surface area contributed by atoms with Crippen molar-refractivity contribution >= 4 is 11.2 Å². The van der Waals surface area contributed by atoms with E-state index in [1.165, 1.54) is 0 Å². The van der Waals surface area contributed by atoms with Gasteiger partial charge in [0.2, 0.25) is 0 Å². The first-order chi connectivity index (χ1) is 14.3. The van der Waals surface area contributed by atoms with Crippen LogP contribution in [0.3, 0.4) is 0 Å². The number of pyridine rings is 1. The highest BCUT2D eigenvalue weighted by Crippen LogP contribution is 2.36. The first-order valence-corrected chi connectivity index (χ1v) is 9.41. The number of ether oxygens (including phenoxy) is 1. The van der Waals surface area contributed by atoms with Gasteiger partial charge >= 0.3 is 6.18 Å². The number of benzene rings is 2. The number of fused-ring (bicyclic) bond motifs is 1. The largest absolute Gasteiger partial charge is 0.497 e. The molecule has 0 amide bonds. The van der Waals surface area contributed by atoms with Crippen molar-refractivity contribution in [2.75, 3.05) is 7.11 Å². The second-order valence-electron chi connectivity index (χ2n) is 7.22. The predicted molar refractivity (Wildman–Crippen MR) is 110 cm³/mol. The van der Waals surface area contributed by atoms with Crippen LogP contribution in [0.1, 0.15) is 22.4 Å². The zero-order valence-corrected chi connectivity index (χ0v) is 16.8. The zero-order chi connectivity index (χ0) is 21.5. The SMILES string of the molecule is COc1ccc(Cn2c(-c3ccc(C)cc3)nc3c(C(F)(F)F)cc(C)nc32)cc1. The van der Waals surface area contributed by atoms with Crippen molar-refractivity contribution in [3.05, 3.63) is 77.0 Å². The molecule has 0 spiro atoms. The molecule has 0 N–H and O–H groups in total. The molecule has 30 heavy (non-hydrogen) atoms. The predicted octanol–water partition coefficient (Wildman–Crippen LogP) is 5.79. The minimum atomic E-state index is -4.52. The number of imidazole rings is 1. The highest BCUT2D eigenvalue weighted by Gasteiger charge is 2.35. The fourth-order valence-electron chi connectivity index (χ4n) is 3.42. The Labute approximate surface area is 172 Å². The van der Waals surface area contributed by atoms with Crippen molar-refractivity contribution in [3.63, 3.8) is 0 Å². The van der Waals surface area contributed by atoms with Crippen LogP contribution in [-0.2, 0) is 12.7 Å². The van der Waals surface area contributed by atoms with Gasteiger partial charge in [-0.3, -0.25) is 0 Å². The summed E-state index contributed by atoms with van der Waals surface area (Å²) in [5, 5.41) is 0. The van der Waals surface area contributed by atoms with E-state index < -0.39 is 11.7 Å². The number of nitrogens with zero attached hydrogens (tertiary/aromatic N) is 3. The van der Waals surface area contributed by atoms with Gasteiger partial charge in [-0.15, -0.1) is 0 Å². The van der Waals surface area contributed by atoms with E-state index in [2.05, 4.69) is 9.97 Å². The Hall–Kier alpha value is -3.35. The van der Waals surface area contributed by atoms with Crippen LogP contribution >= 0.6 is 0 Å². The molecule has 2 aromatic heterocycles. The van der Waals surface area contributed by atoms with Gasteiger partial charge in [-0.25, -0.2) is 9.97 Å². The molecule has 4 aromatic rings. The Morgan fingerprint density at radius 3 is 2.20 bits per heavy atom. The van der Waals surface area contributed by atoms with Crippen LogP contribution in [0.2, 0.25) is 0 Å².